The summed E-state index contributed by atoms with van der Waals surface area (Å²) in [7, 11) is 1.66. The molecule has 1 unspecified atom stereocenters. The highest BCUT2D eigenvalue weighted by atomic mass is 16.3. The molecule has 0 fully saturated rings. The molecule has 1 amide bonds. The maximum atomic E-state index is 12.5. The predicted molar refractivity (Wildman–Crippen MR) is 87.1 cm³/mol. The summed E-state index contributed by atoms with van der Waals surface area (Å²) in [5.41, 5.74) is 6.47. The fourth-order valence-corrected chi connectivity index (χ4v) is 2.39. The fourth-order valence-electron chi connectivity index (χ4n) is 2.39. The molecule has 3 aromatic rings. The van der Waals surface area contributed by atoms with Gasteiger partial charge in [-0.15, -0.1) is 0 Å². The van der Waals surface area contributed by atoms with E-state index in [1.54, 1.807) is 13.1 Å². The Kier molecular flexibility index (Phi) is 3.87. The number of hydrogen-bond acceptors (Lipinski definition) is 5. The number of carbonyl (C=O) groups is 1. The first-order chi connectivity index (χ1) is 11.0. The third-order valence-electron chi connectivity index (χ3n) is 4.05. The van der Waals surface area contributed by atoms with Crippen LogP contribution in [0.5, 0.6) is 0 Å². The lowest BCUT2D eigenvalue weighted by Crippen LogP contribution is -2.42. The van der Waals surface area contributed by atoms with Crippen LogP contribution in [0, 0.1) is 0 Å². The van der Waals surface area contributed by atoms with Crippen LogP contribution in [0.1, 0.15) is 6.92 Å². The van der Waals surface area contributed by atoms with Gasteiger partial charge < -0.3 is 15.1 Å². The molecule has 1 atom stereocenters. The van der Waals surface area contributed by atoms with Crippen molar-refractivity contribution in [3.05, 3.63) is 40.9 Å². The molecule has 0 aliphatic heterocycles. The monoisotopic (exact) mass is 314 g/mol. The number of benzene rings is 1. The summed E-state index contributed by atoms with van der Waals surface area (Å²) >= 11 is 0. The van der Waals surface area contributed by atoms with Gasteiger partial charge in [0.15, 0.2) is 0 Å². The molecule has 0 aliphatic rings. The minimum absolute atomic E-state index is 0.0962. The van der Waals surface area contributed by atoms with E-state index in [0.29, 0.717) is 17.6 Å². The number of likely N-dealkylation sites (N-methyl/N-ethyl adjacent to an activating group) is 1. The van der Waals surface area contributed by atoms with Gasteiger partial charge in [0.25, 0.3) is 5.56 Å². The molecule has 7 nitrogen and oxygen atoms in total. The van der Waals surface area contributed by atoms with E-state index in [-0.39, 0.29) is 29.6 Å². The van der Waals surface area contributed by atoms with Crippen LogP contribution < -0.4 is 11.3 Å². The number of para-hydroxylation sites is 1. The third-order valence-corrected chi connectivity index (χ3v) is 4.05. The van der Waals surface area contributed by atoms with Crippen LogP contribution in [0.3, 0.4) is 0 Å². The van der Waals surface area contributed by atoms with Gasteiger partial charge >= 0.3 is 0 Å². The number of nitrogens with two attached hydrogens (primary N) is 1. The first kappa shape index (κ1) is 15.2. The molecule has 2 N–H and O–H groups in total. The Hall–Kier alpha value is -2.67. The average Bonchev–Trinajstić information content (AvgIpc) is 2.95. The Morgan fingerprint density at radius 1 is 1.43 bits per heavy atom. The standard InChI is InChI=1S/C16H18N4O3/c1-10(7-17)19(2)13(21)8-20-9-18-14-11-5-3-4-6-12(11)23-15(14)16(20)22/h3-6,9-10H,7-8,17H2,1-2H3. The van der Waals surface area contributed by atoms with E-state index >= 15 is 0 Å². The average molecular weight is 314 g/mol. The molecule has 0 saturated heterocycles. The van der Waals surface area contributed by atoms with Gasteiger partial charge in [-0.1, -0.05) is 12.1 Å². The zero-order valence-corrected chi connectivity index (χ0v) is 13.0. The number of nitrogens with zero attached hydrogens (tertiary/aromatic N) is 3. The quantitative estimate of drug-likeness (QED) is 0.773. The first-order valence-corrected chi connectivity index (χ1v) is 7.35. The minimum Gasteiger partial charge on any atom is -0.448 e. The van der Waals surface area contributed by atoms with E-state index in [2.05, 4.69) is 4.98 Å². The molecule has 0 bridgehead atoms. The summed E-state index contributed by atoms with van der Waals surface area (Å²) in [5.74, 6) is -0.206. The molecule has 120 valence electrons. The maximum Gasteiger partial charge on any atom is 0.297 e. The summed E-state index contributed by atoms with van der Waals surface area (Å²) in [5, 5.41) is 0.784. The maximum absolute atomic E-state index is 12.5. The summed E-state index contributed by atoms with van der Waals surface area (Å²) < 4.78 is 6.85. The molecule has 3 rings (SSSR count). The Morgan fingerprint density at radius 2 is 2.17 bits per heavy atom. The van der Waals surface area contributed by atoms with Gasteiger partial charge in [0.05, 0.1) is 6.33 Å². The van der Waals surface area contributed by atoms with Crippen molar-refractivity contribution in [2.75, 3.05) is 13.6 Å². The Balaban J connectivity index is 2.00. The molecule has 2 heterocycles. The van der Waals surface area contributed by atoms with Gasteiger partial charge in [0, 0.05) is 25.0 Å². The van der Waals surface area contributed by atoms with E-state index in [1.165, 1.54) is 15.8 Å². The van der Waals surface area contributed by atoms with Crippen molar-refractivity contribution >= 4 is 28.0 Å². The first-order valence-electron chi connectivity index (χ1n) is 7.35. The van der Waals surface area contributed by atoms with E-state index in [0.717, 1.165) is 5.39 Å². The lowest BCUT2D eigenvalue weighted by molar-refractivity contribution is -0.132. The van der Waals surface area contributed by atoms with Gasteiger partial charge in [-0.05, 0) is 19.1 Å². The normalized spacial score (nSPS) is 12.7. The zero-order chi connectivity index (χ0) is 16.6. The Morgan fingerprint density at radius 3 is 2.91 bits per heavy atom. The van der Waals surface area contributed by atoms with Crippen LogP contribution in [-0.4, -0.2) is 40.0 Å². The summed E-state index contributed by atoms with van der Waals surface area (Å²) in [6, 6.07) is 7.22. The highest BCUT2D eigenvalue weighted by molar-refractivity contribution is 6.01. The minimum atomic E-state index is -0.367. The van der Waals surface area contributed by atoms with Gasteiger partial charge in [0.1, 0.15) is 17.6 Å². The molecule has 7 heteroatoms. The SMILES string of the molecule is CC(CN)N(C)C(=O)Cn1cnc2c(oc3ccccc32)c1=O. The molecule has 2 aromatic heterocycles. The van der Waals surface area contributed by atoms with Crippen LogP contribution in [0.4, 0.5) is 0 Å². The van der Waals surface area contributed by atoms with E-state index < -0.39 is 0 Å². The second-order valence-corrected chi connectivity index (χ2v) is 5.54. The van der Waals surface area contributed by atoms with Crippen LogP contribution in [0.15, 0.2) is 39.8 Å². The van der Waals surface area contributed by atoms with Crippen molar-refractivity contribution in [1.82, 2.24) is 14.5 Å². The van der Waals surface area contributed by atoms with E-state index in [1.807, 2.05) is 25.1 Å². The Bertz CT molecular complexity index is 928. The Labute approximate surface area is 132 Å². The van der Waals surface area contributed by atoms with Gasteiger partial charge in [-0.3, -0.25) is 14.2 Å². The molecule has 1 aromatic carbocycles. The molecule has 0 radical (unpaired) electrons. The van der Waals surface area contributed by atoms with E-state index in [4.69, 9.17) is 10.2 Å². The number of hydrogen-bond donors (Lipinski definition) is 1. The molecule has 0 spiro atoms. The number of amides is 1. The van der Waals surface area contributed by atoms with E-state index in [9.17, 15) is 9.59 Å². The molecular formula is C16H18N4O3. The van der Waals surface area contributed by atoms with Crippen molar-refractivity contribution < 1.29 is 9.21 Å². The molecule has 0 aliphatic carbocycles. The third kappa shape index (κ3) is 2.59. The largest absolute Gasteiger partial charge is 0.448 e. The van der Waals surface area contributed by atoms with Crippen molar-refractivity contribution in [1.29, 1.82) is 0 Å². The fraction of sp³-hybridized carbons (Fsp3) is 0.312. The van der Waals surface area contributed by atoms with Gasteiger partial charge in [-0.25, -0.2) is 4.98 Å². The smallest absolute Gasteiger partial charge is 0.297 e. The highest BCUT2D eigenvalue weighted by Gasteiger charge is 2.18. The molecular weight excluding hydrogens is 296 g/mol. The number of fused-ring (bicyclic) bond motifs is 3. The van der Waals surface area contributed by atoms with Crippen molar-refractivity contribution in [2.24, 2.45) is 5.73 Å². The molecule has 0 saturated carbocycles. The summed E-state index contributed by atoms with van der Waals surface area (Å²) in [6.07, 6.45) is 1.38. The highest BCUT2D eigenvalue weighted by Crippen LogP contribution is 2.23. The number of carbonyl (C=O) groups excluding carboxylic acids is 1. The topological polar surface area (TPSA) is 94.4 Å². The lowest BCUT2D eigenvalue weighted by atomic mass is 10.2. The van der Waals surface area contributed by atoms with Gasteiger partial charge in [-0.2, -0.15) is 0 Å². The lowest BCUT2D eigenvalue weighted by Gasteiger charge is -2.23. The second-order valence-electron chi connectivity index (χ2n) is 5.54. The van der Waals surface area contributed by atoms with Crippen molar-refractivity contribution in [2.45, 2.75) is 19.5 Å². The zero-order valence-electron chi connectivity index (χ0n) is 13.0. The summed E-state index contributed by atoms with van der Waals surface area (Å²) in [6.45, 7) is 2.11. The van der Waals surface area contributed by atoms with Crippen LogP contribution >= 0.6 is 0 Å². The number of aromatic nitrogens is 2. The van der Waals surface area contributed by atoms with Crippen molar-refractivity contribution in [3.63, 3.8) is 0 Å². The number of furan rings is 1. The summed E-state index contributed by atoms with van der Waals surface area (Å²) in [4.78, 5) is 30.6. The predicted octanol–water partition coefficient (Wildman–Crippen LogP) is 0.948. The molecule has 23 heavy (non-hydrogen) atoms. The van der Waals surface area contributed by atoms with Crippen LogP contribution in [-0.2, 0) is 11.3 Å². The van der Waals surface area contributed by atoms with Crippen molar-refractivity contribution in [3.8, 4) is 0 Å². The van der Waals surface area contributed by atoms with Gasteiger partial charge in [0.2, 0.25) is 11.5 Å². The van der Waals surface area contributed by atoms with Crippen LogP contribution in [0.25, 0.3) is 22.1 Å². The second kappa shape index (κ2) is 5.85. The van der Waals surface area contributed by atoms with Crippen LogP contribution in [0.2, 0.25) is 0 Å². The number of rotatable bonds is 4.